The van der Waals surface area contributed by atoms with Gasteiger partial charge in [-0.15, -0.1) is 0 Å². The predicted molar refractivity (Wildman–Crippen MR) is 41.1 cm³/mol. The Labute approximate surface area is 58.0 Å². The van der Waals surface area contributed by atoms with E-state index < -0.39 is 0 Å². The molecule has 1 radical (unpaired) electrons. The second kappa shape index (κ2) is 3.71. The summed E-state index contributed by atoms with van der Waals surface area (Å²) in [5.41, 5.74) is 1.66. The average Bonchev–Trinajstić information content (AvgIpc) is 1.91. The molecule has 0 unspecified atom stereocenters. The van der Waals surface area contributed by atoms with Crippen molar-refractivity contribution in [3.05, 3.63) is 18.1 Å². The van der Waals surface area contributed by atoms with E-state index in [1.54, 1.807) is 5.57 Å². The summed E-state index contributed by atoms with van der Waals surface area (Å²) in [5, 5.41) is 0. The van der Waals surface area contributed by atoms with E-state index in [0.29, 0.717) is 0 Å². The maximum Gasteiger partial charge on any atom is -0.0292 e. The lowest BCUT2D eigenvalue weighted by atomic mass is 9.96. The van der Waals surface area contributed by atoms with Crippen LogP contribution in [0, 0.1) is 6.42 Å². The molecule has 0 heterocycles. The molecule has 0 saturated carbocycles. The highest BCUT2D eigenvalue weighted by Gasteiger charge is 2.00. The first-order chi connectivity index (χ1) is 4.43. The van der Waals surface area contributed by atoms with Crippen molar-refractivity contribution < 1.29 is 0 Å². The fourth-order valence-electron chi connectivity index (χ4n) is 1.35. The predicted octanol–water partition coefficient (Wildman–Crippen LogP) is 3.10. The molecule has 0 amide bonds. The third-order valence-corrected chi connectivity index (χ3v) is 1.85. The van der Waals surface area contributed by atoms with Crippen LogP contribution in [0.4, 0.5) is 0 Å². The van der Waals surface area contributed by atoms with Crippen LogP contribution < -0.4 is 0 Å². The van der Waals surface area contributed by atoms with E-state index in [-0.39, 0.29) is 0 Å². The van der Waals surface area contributed by atoms with E-state index in [0.717, 1.165) is 0 Å². The van der Waals surface area contributed by atoms with Crippen LogP contribution >= 0.6 is 0 Å². The summed E-state index contributed by atoms with van der Waals surface area (Å²) >= 11 is 0. The van der Waals surface area contributed by atoms with Gasteiger partial charge in [0.25, 0.3) is 0 Å². The summed E-state index contributed by atoms with van der Waals surface area (Å²) in [6.45, 7) is 2.13. The lowest BCUT2D eigenvalue weighted by molar-refractivity contribution is 0.687. The Balaban J connectivity index is 2.28. The summed E-state index contributed by atoms with van der Waals surface area (Å²) in [6.07, 6.45) is 11.4. The monoisotopic (exact) mass is 123 g/mol. The van der Waals surface area contributed by atoms with Gasteiger partial charge >= 0.3 is 0 Å². The number of rotatable bonds is 2. The smallest absolute Gasteiger partial charge is 0.0292 e. The molecule has 0 aromatic rings. The van der Waals surface area contributed by atoms with Gasteiger partial charge < -0.3 is 0 Å². The topological polar surface area (TPSA) is 0 Å². The van der Waals surface area contributed by atoms with E-state index in [2.05, 4.69) is 19.4 Å². The molecule has 0 saturated heterocycles. The number of allylic oxidation sites excluding steroid dienone is 2. The molecular weight excluding hydrogens is 108 g/mol. The van der Waals surface area contributed by atoms with Gasteiger partial charge in [0.05, 0.1) is 0 Å². The third kappa shape index (κ3) is 2.21. The van der Waals surface area contributed by atoms with Crippen molar-refractivity contribution in [2.75, 3.05) is 0 Å². The fraction of sp³-hybridized carbons (Fsp3) is 0.667. The van der Waals surface area contributed by atoms with E-state index in [1.807, 2.05) is 0 Å². The van der Waals surface area contributed by atoms with Crippen molar-refractivity contribution in [3.8, 4) is 0 Å². The van der Waals surface area contributed by atoms with Crippen molar-refractivity contribution in [2.45, 2.75) is 39.0 Å². The zero-order valence-electron chi connectivity index (χ0n) is 6.19. The van der Waals surface area contributed by atoms with Gasteiger partial charge in [0.2, 0.25) is 0 Å². The maximum atomic E-state index is 2.41. The molecule has 0 bridgehead atoms. The first-order valence-electron chi connectivity index (χ1n) is 3.89. The zero-order valence-corrected chi connectivity index (χ0v) is 6.19. The van der Waals surface area contributed by atoms with Crippen LogP contribution in [0.5, 0.6) is 0 Å². The summed E-state index contributed by atoms with van der Waals surface area (Å²) in [5.74, 6) is 0. The highest BCUT2D eigenvalue weighted by molar-refractivity contribution is 5.06. The first-order valence-corrected chi connectivity index (χ1v) is 3.89. The molecule has 0 N–H and O–H groups in total. The maximum absolute atomic E-state index is 2.41. The summed E-state index contributed by atoms with van der Waals surface area (Å²) in [7, 11) is 0. The Hall–Kier alpha value is -0.260. The zero-order chi connectivity index (χ0) is 6.53. The average molecular weight is 123 g/mol. The van der Waals surface area contributed by atoms with Crippen LogP contribution in [-0.4, -0.2) is 0 Å². The summed E-state index contributed by atoms with van der Waals surface area (Å²) < 4.78 is 0. The van der Waals surface area contributed by atoms with E-state index in [1.165, 1.54) is 32.1 Å². The largest absolute Gasteiger partial charge is 0.0853 e. The molecule has 1 aliphatic carbocycles. The minimum absolute atomic E-state index is 1.22. The quantitative estimate of drug-likeness (QED) is 0.495. The Kier molecular flexibility index (Phi) is 2.82. The second-order valence-corrected chi connectivity index (χ2v) is 2.72. The Morgan fingerprint density at radius 3 is 3.00 bits per heavy atom. The first kappa shape index (κ1) is 6.85. The molecule has 1 aliphatic rings. The van der Waals surface area contributed by atoms with Gasteiger partial charge in [-0.25, -0.2) is 0 Å². The molecule has 0 aromatic heterocycles. The van der Waals surface area contributed by atoms with Crippen molar-refractivity contribution >= 4 is 0 Å². The number of hydrogen-bond donors (Lipinski definition) is 0. The van der Waals surface area contributed by atoms with Crippen LogP contribution in [0.15, 0.2) is 11.6 Å². The molecule has 0 nitrogen and oxygen atoms in total. The summed E-state index contributed by atoms with van der Waals surface area (Å²) in [6, 6.07) is 0. The van der Waals surface area contributed by atoms with Crippen LogP contribution in [0.1, 0.15) is 39.0 Å². The van der Waals surface area contributed by atoms with Crippen molar-refractivity contribution in [1.29, 1.82) is 0 Å². The normalized spacial score (nSPS) is 19.4. The Morgan fingerprint density at radius 2 is 2.44 bits per heavy atom. The summed E-state index contributed by atoms with van der Waals surface area (Å²) in [4.78, 5) is 0. The molecule has 0 spiro atoms. The van der Waals surface area contributed by atoms with Crippen LogP contribution in [0.25, 0.3) is 0 Å². The minimum Gasteiger partial charge on any atom is -0.0853 e. The van der Waals surface area contributed by atoms with Crippen LogP contribution in [0.3, 0.4) is 0 Å². The van der Waals surface area contributed by atoms with Crippen molar-refractivity contribution in [2.24, 2.45) is 0 Å². The fourth-order valence-corrected chi connectivity index (χ4v) is 1.35. The number of hydrogen-bond acceptors (Lipinski definition) is 0. The molecule has 9 heavy (non-hydrogen) atoms. The molecular formula is C9H15. The van der Waals surface area contributed by atoms with Gasteiger partial charge in [-0.05, 0) is 38.5 Å². The van der Waals surface area contributed by atoms with E-state index >= 15 is 0 Å². The van der Waals surface area contributed by atoms with Gasteiger partial charge in [-0.2, -0.15) is 0 Å². The molecule has 0 fully saturated rings. The molecule has 51 valence electrons. The van der Waals surface area contributed by atoms with Gasteiger partial charge in [0.1, 0.15) is 0 Å². The lowest BCUT2D eigenvalue weighted by Crippen LogP contribution is -1.90. The minimum atomic E-state index is 1.22. The SMILES string of the molecule is C[CH]CC1=CCCCC1. The Bertz CT molecular complexity index is 101. The Morgan fingerprint density at radius 1 is 1.56 bits per heavy atom. The second-order valence-electron chi connectivity index (χ2n) is 2.72. The van der Waals surface area contributed by atoms with Crippen molar-refractivity contribution in [3.63, 3.8) is 0 Å². The molecule has 0 aromatic carbocycles. The van der Waals surface area contributed by atoms with Crippen LogP contribution in [0.2, 0.25) is 0 Å². The molecule has 1 rings (SSSR count). The van der Waals surface area contributed by atoms with Gasteiger partial charge in [-0.3, -0.25) is 0 Å². The van der Waals surface area contributed by atoms with Crippen molar-refractivity contribution in [1.82, 2.24) is 0 Å². The lowest BCUT2D eigenvalue weighted by Gasteiger charge is -2.10. The molecule has 0 aliphatic heterocycles. The van der Waals surface area contributed by atoms with Gasteiger partial charge in [-0.1, -0.05) is 18.6 Å². The van der Waals surface area contributed by atoms with Gasteiger partial charge in [0.15, 0.2) is 0 Å². The van der Waals surface area contributed by atoms with Gasteiger partial charge in [0, 0.05) is 0 Å². The highest BCUT2D eigenvalue weighted by atomic mass is 14.1. The van der Waals surface area contributed by atoms with Crippen LogP contribution in [-0.2, 0) is 0 Å². The van der Waals surface area contributed by atoms with E-state index in [9.17, 15) is 0 Å². The standard InChI is InChI=1S/C9H15/c1-2-6-9-7-4-3-5-8-9/h2,7H,3-6,8H2,1H3. The highest BCUT2D eigenvalue weighted by Crippen LogP contribution is 2.20. The van der Waals surface area contributed by atoms with E-state index in [4.69, 9.17) is 0 Å². The molecule has 0 atom stereocenters. The third-order valence-electron chi connectivity index (χ3n) is 1.85. The molecule has 0 heteroatoms.